The van der Waals surface area contributed by atoms with E-state index >= 15 is 0 Å². The van der Waals surface area contributed by atoms with Crippen LogP contribution in [0.5, 0.6) is 0 Å². The topological polar surface area (TPSA) is 61.2 Å². The molecule has 0 fully saturated rings. The first-order valence-electron chi connectivity index (χ1n) is 5.51. The molecular weight excluding hydrogens is 304 g/mol. The molecule has 0 saturated heterocycles. The fourth-order valence-corrected chi connectivity index (χ4v) is 4.17. The lowest BCUT2D eigenvalue weighted by Crippen LogP contribution is -2.36. The van der Waals surface area contributed by atoms with Gasteiger partial charge in [-0.2, -0.15) is 21.3 Å². The van der Waals surface area contributed by atoms with E-state index in [-0.39, 0.29) is 21.5 Å². The summed E-state index contributed by atoms with van der Waals surface area (Å²) in [7, 11) is -2.17. The van der Waals surface area contributed by atoms with Gasteiger partial charge in [-0.25, -0.2) is 8.42 Å². The van der Waals surface area contributed by atoms with Crippen molar-refractivity contribution in [1.82, 2.24) is 4.31 Å². The van der Waals surface area contributed by atoms with E-state index in [9.17, 15) is 8.42 Å². The van der Waals surface area contributed by atoms with Gasteiger partial charge in [-0.05, 0) is 31.4 Å². The zero-order valence-electron chi connectivity index (χ0n) is 10.9. The molecule has 0 saturated carbocycles. The predicted octanol–water partition coefficient (Wildman–Crippen LogP) is 2.58. The number of sulfonamides is 1. The van der Waals surface area contributed by atoms with Crippen LogP contribution in [0.15, 0.2) is 23.1 Å². The lowest BCUT2D eigenvalue weighted by Gasteiger charge is -2.24. The minimum absolute atomic E-state index is 0.0244. The first-order valence-corrected chi connectivity index (χ1v) is 8.72. The molecule has 0 spiro atoms. The van der Waals surface area contributed by atoms with Crippen molar-refractivity contribution in [2.45, 2.75) is 17.9 Å². The highest BCUT2D eigenvalue weighted by Gasteiger charge is 2.27. The van der Waals surface area contributed by atoms with Gasteiger partial charge in [0.1, 0.15) is 4.90 Å². The average Bonchev–Trinajstić information content (AvgIpc) is 2.38. The Morgan fingerprint density at radius 1 is 1.53 bits per heavy atom. The van der Waals surface area contributed by atoms with E-state index in [1.165, 1.54) is 29.6 Å². The summed E-state index contributed by atoms with van der Waals surface area (Å²) in [5, 5.41) is 8.97. The average molecular weight is 319 g/mol. The van der Waals surface area contributed by atoms with Gasteiger partial charge in [0.15, 0.2) is 0 Å². The van der Waals surface area contributed by atoms with Crippen LogP contribution in [0.4, 0.5) is 0 Å². The molecule has 104 valence electrons. The zero-order valence-corrected chi connectivity index (χ0v) is 13.3. The van der Waals surface area contributed by atoms with Crippen molar-refractivity contribution in [3.05, 3.63) is 28.8 Å². The lowest BCUT2D eigenvalue weighted by atomic mass is 10.2. The third-order valence-corrected chi connectivity index (χ3v) is 6.02. The number of hydrogen-bond acceptors (Lipinski definition) is 4. The molecule has 1 atom stereocenters. The largest absolute Gasteiger partial charge is 0.244 e. The van der Waals surface area contributed by atoms with Crippen molar-refractivity contribution in [3.63, 3.8) is 0 Å². The third kappa shape index (κ3) is 3.63. The highest BCUT2D eigenvalue weighted by molar-refractivity contribution is 7.98. The number of halogens is 1. The van der Waals surface area contributed by atoms with E-state index in [0.29, 0.717) is 5.75 Å². The maximum absolute atomic E-state index is 12.5. The SMILES string of the molecule is CSCC(C)N(C)S(=O)(=O)c1cc(C#N)ccc1Cl. The Morgan fingerprint density at radius 2 is 2.16 bits per heavy atom. The van der Waals surface area contributed by atoms with Crippen LogP contribution in [-0.2, 0) is 10.0 Å². The van der Waals surface area contributed by atoms with Crippen LogP contribution in [0.2, 0.25) is 5.02 Å². The van der Waals surface area contributed by atoms with Crippen LogP contribution in [0.25, 0.3) is 0 Å². The molecule has 4 nitrogen and oxygen atoms in total. The second-order valence-electron chi connectivity index (χ2n) is 4.08. The van der Waals surface area contributed by atoms with Gasteiger partial charge in [0, 0.05) is 18.8 Å². The van der Waals surface area contributed by atoms with Crippen LogP contribution < -0.4 is 0 Å². The van der Waals surface area contributed by atoms with E-state index < -0.39 is 10.0 Å². The second kappa shape index (κ2) is 6.62. The molecule has 0 aromatic heterocycles. The lowest BCUT2D eigenvalue weighted by molar-refractivity contribution is 0.415. The summed E-state index contributed by atoms with van der Waals surface area (Å²) in [5.74, 6) is 0.686. The molecular formula is C12H15ClN2O2S2. The van der Waals surface area contributed by atoms with Gasteiger partial charge in [0.2, 0.25) is 10.0 Å². The second-order valence-corrected chi connectivity index (χ2v) is 7.37. The number of hydrogen-bond donors (Lipinski definition) is 0. The van der Waals surface area contributed by atoms with E-state index in [1.807, 2.05) is 19.2 Å². The fraction of sp³-hybridized carbons (Fsp3) is 0.417. The van der Waals surface area contributed by atoms with Crippen LogP contribution in [0, 0.1) is 11.3 Å². The highest BCUT2D eigenvalue weighted by Crippen LogP contribution is 2.26. The summed E-state index contributed by atoms with van der Waals surface area (Å²) in [5.41, 5.74) is 0.272. The van der Waals surface area contributed by atoms with Gasteiger partial charge in [0.05, 0.1) is 16.7 Å². The molecule has 1 aromatic rings. The van der Waals surface area contributed by atoms with E-state index in [0.717, 1.165) is 0 Å². The molecule has 0 N–H and O–H groups in total. The monoisotopic (exact) mass is 318 g/mol. The van der Waals surface area contributed by atoms with Crippen LogP contribution in [0.3, 0.4) is 0 Å². The van der Waals surface area contributed by atoms with Gasteiger partial charge in [-0.1, -0.05) is 11.6 Å². The van der Waals surface area contributed by atoms with Crippen LogP contribution in [0.1, 0.15) is 12.5 Å². The fourth-order valence-electron chi connectivity index (χ4n) is 1.51. The molecule has 1 unspecified atom stereocenters. The minimum atomic E-state index is -3.69. The summed E-state index contributed by atoms with van der Waals surface area (Å²) in [6.45, 7) is 1.83. The van der Waals surface area contributed by atoms with Crippen LogP contribution >= 0.6 is 23.4 Å². The Balaban J connectivity index is 3.24. The molecule has 1 aromatic carbocycles. The summed E-state index contributed by atoms with van der Waals surface area (Å²) in [4.78, 5) is -0.0244. The van der Waals surface area contributed by atoms with E-state index in [1.54, 1.807) is 11.8 Å². The number of benzene rings is 1. The van der Waals surface area contributed by atoms with Gasteiger partial charge in [-0.3, -0.25) is 0 Å². The van der Waals surface area contributed by atoms with E-state index in [4.69, 9.17) is 16.9 Å². The quantitative estimate of drug-likeness (QED) is 0.837. The third-order valence-electron chi connectivity index (χ3n) is 2.75. The molecule has 0 bridgehead atoms. The number of thioether (sulfide) groups is 1. The molecule has 0 aliphatic heterocycles. The zero-order chi connectivity index (χ0) is 14.6. The molecule has 19 heavy (non-hydrogen) atoms. The predicted molar refractivity (Wildman–Crippen MR) is 79.0 cm³/mol. The van der Waals surface area contributed by atoms with Crippen molar-refractivity contribution >= 4 is 33.4 Å². The van der Waals surface area contributed by atoms with Crippen molar-refractivity contribution in [2.24, 2.45) is 0 Å². The minimum Gasteiger partial charge on any atom is -0.207 e. The Kier molecular flexibility index (Phi) is 5.68. The normalized spacial score (nSPS) is 13.3. The maximum Gasteiger partial charge on any atom is 0.244 e. The van der Waals surface area contributed by atoms with Crippen molar-refractivity contribution < 1.29 is 8.42 Å². The molecule has 0 heterocycles. The van der Waals surface area contributed by atoms with E-state index in [2.05, 4.69) is 0 Å². The number of rotatable bonds is 5. The van der Waals surface area contributed by atoms with Crippen LogP contribution in [-0.4, -0.2) is 37.8 Å². The molecule has 0 radical (unpaired) electrons. The molecule has 1 rings (SSSR count). The standard InChI is InChI=1S/C12H15ClN2O2S2/c1-9(8-18-3)15(2)19(16,17)12-6-10(7-14)4-5-11(12)13/h4-6,9H,8H2,1-3H3. The highest BCUT2D eigenvalue weighted by atomic mass is 35.5. The van der Waals surface area contributed by atoms with Gasteiger partial charge in [0.25, 0.3) is 0 Å². The van der Waals surface area contributed by atoms with Gasteiger partial charge >= 0.3 is 0 Å². The Bertz CT molecular complexity index is 596. The van der Waals surface area contributed by atoms with Gasteiger partial charge in [-0.15, -0.1) is 0 Å². The summed E-state index contributed by atoms with van der Waals surface area (Å²) in [6.07, 6.45) is 1.92. The Morgan fingerprint density at radius 3 is 2.68 bits per heavy atom. The Labute approximate surface area is 123 Å². The first kappa shape index (κ1) is 16.3. The molecule has 0 aliphatic carbocycles. The summed E-state index contributed by atoms with van der Waals surface area (Å²) >= 11 is 7.51. The number of nitrogens with zero attached hydrogens (tertiary/aromatic N) is 2. The summed E-state index contributed by atoms with van der Waals surface area (Å²) in [6, 6.07) is 5.99. The molecule has 0 aliphatic rings. The Hall–Kier alpha value is -0.740. The molecule has 7 heteroatoms. The smallest absolute Gasteiger partial charge is 0.207 e. The van der Waals surface area contributed by atoms with Crippen molar-refractivity contribution in [2.75, 3.05) is 19.1 Å². The van der Waals surface area contributed by atoms with Gasteiger partial charge < -0.3 is 0 Å². The van der Waals surface area contributed by atoms with Crippen molar-refractivity contribution in [1.29, 1.82) is 5.26 Å². The van der Waals surface area contributed by atoms with Crippen molar-refractivity contribution in [3.8, 4) is 6.07 Å². The maximum atomic E-state index is 12.5. The molecule has 0 amide bonds. The first-order chi connectivity index (χ1) is 8.84. The summed E-state index contributed by atoms with van der Waals surface area (Å²) < 4.78 is 26.2. The number of nitriles is 1.